The summed E-state index contributed by atoms with van der Waals surface area (Å²) in [5, 5.41) is 4.55. The zero-order valence-corrected chi connectivity index (χ0v) is 14.0. The predicted octanol–water partition coefficient (Wildman–Crippen LogP) is 3.11. The summed E-state index contributed by atoms with van der Waals surface area (Å²) in [6.07, 6.45) is 0. The molecule has 1 aliphatic heterocycles. The fourth-order valence-corrected chi connectivity index (χ4v) is 3.33. The van der Waals surface area contributed by atoms with Crippen LogP contribution in [0.2, 0.25) is 0 Å². The number of halogens is 1. The Kier molecular flexibility index (Phi) is 4.31. The van der Waals surface area contributed by atoms with Gasteiger partial charge in [-0.15, -0.1) is 0 Å². The van der Waals surface area contributed by atoms with Gasteiger partial charge in [0.25, 0.3) is 0 Å². The van der Waals surface area contributed by atoms with Gasteiger partial charge in [-0.05, 0) is 48.0 Å². The standard InChI is InChI=1S/C16H20BrN3O/c1-3-21-12-4-5-14-13(10-12)16(15(17)11(2)19-14)20-8-6-18-7-9-20/h4-5,10,18H,3,6-9H2,1-2H3. The number of hydrogen-bond acceptors (Lipinski definition) is 4. The topological polar surface area (TPSA) is 37.4 Å². The highest BCUT2D eigenvalue weighted by molar-refractivity contribution is 9.10. The average Bonchev–Trinajstić information content (AvgIpc) is 2.50. The van der Waals surface area contributed by atoms with E-state index < -0.39 is 0 Å². The first-order valence-corrected chi connectivity index (χ1v) is 8.18. The second-order valence-electron chi connectivity index (χ2n) is 5.21. The van der Waals surface area contributed by atoms with E-state index in [1.807, 2.05) is 26.0 Å². The molecule has 0 aliphatic carbocycles. The summed E-state index contributed by atoms with van der Waals surface area (Å²) in [7, 11) is 0. The number of ether oxygens (including phenoxy) is 1. The normalized spacial score (nSPS) is 15.5. The largest absolute Gasteiger partial charge is 0.494 e. The molecule has 2 heterocycles. The molecule has 1 aliphatic rings. The van der Waals surface area contributed by atoms with Gasteiger partial charge in [-0.25, -0.2) is 0 Å². The minimum atomic E-state index is 0.676. The summed E-state index contributed by atoms with van der Waals surface area (Å²) in [5.74, 6) is 0.902. The molecule has 1 aromatic carbocycles. The lowest BCUT2D eigenvalue weighted by Gasteiger charge is -2.31. The molecule has 1 fully saturated rings. The van der Waals surface area contributed by atoms with E-state index in [0.29, 0.717) is 6.61 Å². The third-order valence-electron chi connectivity index (χ3n) is 3.78. The summed E-state index contributed by atoms with van der Waals surface area (Å²) in [5.41, 5.74) is 3.29. The van der Waals surface area contributed by atoms with Crippen molar-refractivity contribution >= 4 is 32.5 Å². The smallest absolute Gasteiger partial charge is 0.120 e. The Morgan fingerprint density at radius 2 is 2.10 bits per heavy atom. The van der Waals surface area contributed by atoms with Crippen LogP contribution in [0.3, 0.4) is 0 Å². The first-order chi connectivity index (χ1) is 10.2. The maximum absolute atomic E-state index is 5.65. The molecule has 0 atom stereocenters. The third-order valence-corrected chi connectivity index (χ3v) is 4.73. The number of aromatic nitrogens is 1. The first kappa shape index (κ1) is 14.6. The second kappa shape index (κ2) is 6.20. The van der Waals surface area contributed by atoms with Gasteiger partial charge in [-0.1, -0.05) is 0 Å². The molecule has 21 heavy (non-hydrogen) atoms. The van der Waals surface area contributed by atoms with Gasteiger partial charge in [-0.2, -0.15) is 0 Å². The number of rotatable bonds is 3. The Balaban J connectivity index is 2.17. The number of hydrogen-bond donors (Lipinski definition) is 1. The van der Waals surface area contributed by atoms with Crippen molar-refractivity contribution in [3.05, 3.63) is 28.4 Å². The predicted molar refractivity (Wildman–Crippen MR) is 90.4 cm³/mol. The van der Waals surface area contributed by atoms with Crippen LogP contribution in [0.1, 0.15) is 12.6 Å². The molecule has 0 spiro atoms. The van der Waals surface area contributed by atoms with Crippen molar-refractivity contribution in [1.82, 2.24) is 10.3 Å². The molecule has 0 unspecified atom stereocenters. The summed E-state index contributed by atoms with van der Waals surface area (Å²) >= 11 is 3.74. The lowest BCUT2D eigenvalue weighted by molar-refractivity contribution is 0.340. The van der Waals surface area contributed by atoms with Crippen molar-refractivity contribution in [1.29, 1.82) is 0 Å². The maximum Gasteiger partial charge on any atom is 0.120 e. The van der Waals surface area contributed by atoms with E-state index in [0.717, 1.165) is 53.0 Å². The van der Waals surface area contributed by atoms with E-state index in [1.165, 1.54) is 5.69 Å². The van der Waals surface area contributed by atoms with Crippen molar-refractivity contribution in [3.63, 3.8) is 0 Å². The van der Waals surface area contributed by atoms with Crippen molar-refractivity contribution in [2.45, 2.75) is 13.8 Å². The number of nitrogens with zero attached hydrogens (tertiary/aromatic N) is 2. The molecular weight excluding hydrogens is 330 g/mol. The number of pyridine rings is 1. The van der Waals surface area contributed by atoms with Gasteiger partial charge in [0.1, 0.15) is 5.75 Å². The monoisotopic (exact) mass is 349 g/mol. The van der Waals surface area contributed by atoms with E-state index in [4.69, 9.17) is 4.74 Å². The molecule has 3 rings (SSSR count). The van der Waals surface area contributed by atoms with Gasteiger partial charge in [-0.3, -0.25) is 4.98 Å². The lowest BCUT2D eigenvalue weighted by atomic mass is 10.1. The zero-order valence-electron chi connectivity index (χ0n) is 12.4. The van der Waals surface area contributed by atoms with E-state index >= 15 is 0 Å². The third kappa shape index (κ3) is 2.85. The van der Waals surface area contributed by atoms with Crippen molar-refractivity contribution < 1.29 is 4.74 Å². The van der Waals surface area contributed by atoms with E-state index in [9.17, 15) is 0 Å². The Bertz CT molecular complexity index is 654. The van der Waals surface area contributed by atoms with Crippen molar-refractivity contribution in [3.8, 4) is 5.75 Å². The van der Waals surface area contributed by atoms with Gasteiger partial charge >= 0.3 is 0 Å². The number of fused-ring (bicyclic) bond motifs is 1. The molecule has 112 valence electrons. The summed E-state index contributed by atoms with van der Waals surface area (Å²) in [6.45, 7) is 8.78. The number of nitrogens with one attached hydrogen (secondary N) is 1. The highest BCUT2D eigenvalue weighted by Crippen LogP contribution is 2.37. The Hall–Kier alpha value is -1.33. The molecule has 0 saturated carbocycles. The van der Waals surface area contributed by atoms with E-state index in [2.05, 4.69) is 37.2 Å². The van der Waals surface area contributed by atoms with E-state index in [-0.39, 0.29) is 0 Å². The quantitative estimate of drug-likeness (QED) is 0.923. The number of anilines is 1. The van der Waals surface area contributed by atoms with Crippen LogP contribution in [-0.2, 0) is 0 Å². The second-order valence-corrected chi connectivity index (χ2v) is 6.00. The fourth-order valence-electron chi connectivity index (χ4n) is 2.78. The van der Waals surface area contributed by atoms with Crippen LogP contribution in [-0.4, -0.2) is 37.8 Å². The molecule has 1 N–H and O–H groups in total. The molecule has 0 radical (unpaired) electrons. The summed E-state index contributed by atoms with van der Waals surface area (Å²) in [6, 6.07) is 6.15. The van der Waals surface area contributed by atoms with Crippen LogP contribution >= 0.6 is 15.9 Å². The van der Waals surface area contributed by atoms with E-state index in [1.54, 1.807) is 0 Å². The van der Waals surface area contributed by atoms with Crippen molar-refractivity contribution in [2.24, 2.45) is 0 Å². The molecule has 0 bridgehead atoms. The van der Waals surface area contributed by atoms with Gasteiger partial charge in [0.05, 0.1) is 28.0 Å². The molecule has 4 nitrogen and oxygen atoms in total. The van der Waals surface area contributed by atoms with Crippen LogP contribution in [0.25, 0.3) is 10.9 Å². The molecule has 1 saturated heterocycles. The Morgan fingerprint density at radius 1 is 1.33 bits per heavy atom. The van der Waals surface area contributed by atoms with Crippen molar-refractivity contribution in [2.75, 3.05) is 37.7 Å². The number of aryl methyl sites for hydroxylation is 1. The summed E-state index contributed by atoms with van der Waals surface area (Å²) < 4.78 is 6.74. The van der Waals surface area contributed by atoms with Gasteiger partial charge < -0.3 is 15.0 Å². The fraction of sp³-hybridized carbons (Fsp3) is 0.438. The minimum absolute atomic E-state index is 0.676. The van der Waals surface area contributed by atoms with Gasteiger partial charge in [0.15, 0.2) is 0 Å². The number of piperazine rings is 1. The van der Waals surface area contributed by atoms with Crippen LogP contribution in [0.5, 0.6) is 5.75 Å². The van der Waals surface area contributed by atoms with Gasteiger partial charge in [0.2, 0.25) is 0 Å². The van der Waals surface area contributed by atoms with Crippen LogP contribution in [0.4, 0.5) is 5.69 Å². The minimum Gasteiger partial charge on any atom is -0.494 e. The first-order valence-electron chi connectivity index (χ1n) is 7.39. The molecule has 5 heteroatoms. The SMILES string of the molecule is CCOc1ccc2nc(C)c(Br)c(N3CCNCC3)c2c1. The highest BCUT2D eigenvalue weighted by atomic mass is 79.9. The Morgan fingerprint density at radius 3 is 2.81 bits per heavy atom. The molecule has 0 amide bonds. The molecular formula is C16H20BrN3O. The summed E-state index contributed by atoms with van der Waals surface area (Å²) in [4.78, 5) is 7.11. The van der Waals surface area contributed by atoms with Crippen LogP contribution < -0.4 is 15.0 Å². The maximum atomic E-state index is 5.65. The average molecular weight is 350 g/mol. The molecule has 2 aromatic rings. The lowest BCUT2D eigenvalue weighted by Crippen LogP contribution is -2.43. The number of benzene rings is 1. The zero-order chi connectivity index (χ0) is 14.8. The van der Waals surface area contributed by atoms with Crippen LogP contribution in [0.15, 0.2) is 22.7 Å². The van der Waals surface area contributed by atoms with Crippen LogP contribution in [0, 0.1) is 6.92 Å². The Labute approximate surface area is 133 Å². The highest BCUT2D eigenvalue weighted by Gasteiger charge is 2.19. The molecule has 1 aromatic heterocycles. The van der Waals surface area contributed by atoms with Gasteiger partial charge in [0, 0.05) is 31.6 Å².